The average molecular weight is 313 g/mol. The smallest absolute Gasteiger partial charge is 0.227 e. The van der Waals surface area contributed by atoms with Crippen LogP contribution in [0.4, 0.5) is 11.8 Å². The fourth-order valence-electron chi connectivity index (χ4n) is 2.66. The maximum absolute atomic E-state index is 5.50. The quantitative estimate of drug-likeness (QED) is 0.915. The van der Waals surface area contributed by atoms with Gasteiger partial charge in [-0.15, -0.1) is 0 Å². The number of aromatic nitrogens is 3. The summed E-state index contributed by atoms with van der Waals surface area (Å²) >= 11 is 0. The molecule has 2 aromatic heterocycles. The van der Waals surface area contributed by atoms with Gasteiger partial charge in [0.2, 0.25) is 5.95 Å². The molecule has 23 heavy (non-hydrogen) atoms. The minimum absolute atomic E-state index is 0.101. The first-order valence-corrected chi connectivity index (χ1v) is 8.05. The van der Waals surface area contributed by atoms with E-state index >= 15 is 0 Å². The van der Waals surface area contributed by atoms with E-state index in [1.807, 2.05) is 42.4 Å². The van der Waals surface area contributed by atoms with Crippen molar-refractivity contribution in [1.29, 1.82) is 0 Å². The number of hydrogen-bond acceptors (Lipinski definition) is 6. The predicted molar refractivity (Wildman–Crippen MR) is 90.6 cm³/mol. The Labute approximate surface area is 136 Å². The van der Waals surface area contributed by atoms with E-state index in [4.69, 9.17) is 4.74 Å². The van der Waals surface area contributed by atoms with Crippen LogP contribution < -0.4 is 10.2 Å². The zero-order chi connectivity index (χ0) is 16.1. The highest BCUT2D eigenvalue weighted by molar-refractivity contribution is 5.42. The number of rotatable bonds is 5. The third kappa shape index (κ3) is 3.96. The summed E-state index contributed by atoms with van der Waals surface area (Å²) in [7, 11) is 1.99. The van der Waals surface area contributed by atoms with Gasteiger partial charge >= 0.3 is 0 Å². The molecule has 0 radical (unpaired) electrons. The molecule has 3 rings (SSSR count). The summed E-state index contributed by atoms with van der Waals surface area (Å²) in [4.78, 5) is 15.5. The fourth-order valence-corrected chi connectivity index (χ4v) is 2.66. The zero-order valence-corrected chi connectivity index (χ0v) is 13.6. The van der Waals surface area contributed by atoms with Crippen LogP contribution in [-0.2, 0) is 4.74 Å². The van der Waals surface area contributed by atoms with Gasteiger partial charge in [0.1, 0.15) is 5.82 Å². The van der Waals surface area contributed by atoms with Gasteiger partial charge in [0.25, 0.3) is 0 Å². The van der Waals surface area contributed by atoms with Gasteiger partial charge < -0.3 is 15.0 Å². The highest BCUT2D eigenvalue weighted by Gasteiger charge is 2.17. The van der Waals surface area contributed by atoms with E-state index in [1.54, 1.807) is 6.20 Å². The van der Waals surface area contributed by atoms with Gasteiger partial charge in [-0.05, 0) is 38.0 Å². The Balaban J connectivity index is 1.71. The van der Waals surface area contributed by atoms with Crippen molar-refractivity contribution in [2.75, 3.05) is 30.5 Å². The molecule has 0 aliphatic carbocycles. The number of ether oxygens (including phenoxy) is 1. The van der Waals surface area contributed by atoms with Crippen molar-refractivity contribution in [3.05, 3.63) is 42.4 Å². The van der Waals surface area contributed by atoms with E-state index < -0.39 is 0 Å². The first-order valence-electron chi connectivity index (χ1n) is 8.05. The molecule has 1 aliphatic heterocycles. The molecule has 1 N–H and O–H groups in total. The van der Waals surface area contributed by atoms with Crippen molar-refractivity contribution in [2.24, 2.45) is 0 Å². The Morgan fingerprint density at radius 1 is 1.26 bits per heavy atom. The van der Waals surface area contributed by atoms with Crippen molar-refractivity contribution in [2.45, 2.75) is 31.8 Å². The molecule has 0 amide bonds. The molecular formula is C17H23N5O. The molecule has 0 spiro atoms. The molecule has 1 aliphatic rings. The maximum atomic E-state index is 5.50. The third-order valence-electron chi connectivity index (χ3n) is 4.17. The molecule has 2 unspecified atom stereocenters. The lowest BCUT2D eigenvalue weighted by atomic mass is 10.1. The molecule has 2 aromatic rings. The summed E-state index contributed by atoms with van der Waals surface area (Å²) < 4.78 is 5.50. The molecule has 1 fully saturated rings. The first-order chi connectivity index (χ1) is 11.2. The van der Waals surface area contributed by atoms with Crippen molar-refractivity contribution in [3.63, 3.8) is 0 Å². The summed E-state index contributed by atoms with van der Waals surface area (Å²) in [5.41, 5.74) is 0.998. The van der Waals surface area contributed by atoms with E-state index in [1.165, 1.54) is 0 Å². The first kappa shape index (κ1) is 15.7. The number of nitrogens with one attached hydrogen (secondary N) is 1. The Kier molecular flexibility index (Phi) is 5.02. The summed E-state index contributed by atoms with van der Waals surface area (Å²) in [6.45, 7) is 3.69. The number of pyridine rings is 1. The van der Waals surface area contributed by atoms with Gasteiger partial charge in [-0.2, -0.15) is 4.98 Å². The lowest BCUT2D eigenvalue weighted by molar-refractivity contribution is 0.0875. The van der Waals surface area contributed by atoms with Crippen LogP contribution in [0.25, 0.3) is 0 Å². The van der Waals surface area contributed by atoms with E-state index in [9.17, 15) is 0 Å². The van der Waals surface area contributed by atoms with Crippen molar-refractivity contribution >= 4 is 11.8 Å². The molecular weight excluding hydrogens is 290 g/mol. The SMILES string of the molecule is CC(c1ccccn1)N(C)c1nccc(NC2CCCOC2)n1. The monoisotopic (exact) mass is 313 g/mol. The van der Waals surface area contributed by atoms with Crippen LogP contribution in [-0.4, -0.2) is 41.3 Å². The molecule has 6 heteroatoms. The second-order valence-electron chi connectivity index (χ2n) is 5.84. The van der Waals surface area contributed by atoms with E-state index in [2.05, 4.69) is 27.2 Å². The summed E-state index contributed by atoms with van der Waals surface area (Å²) in [6.07, 6.45) is 5.79. The highest BCUT2D eigenvalue weighted by atomic mass is 16.5. The third-order valence-corrected chi connectivity index (χ3v) is 4.17. The predicted octanol–water partition coefficient (Wildman–Crippen LogP) is 2.66. The molecule has 2 atom stereocenters. The minimum Gasteiger partial charge on any atom is -0.379 e. The maximum Gasteiger partial charge on any atom is 0.227 e. The van der Waals surface area contributed by atoms with E-state index in [-0.39, 0.29) is 6.04 Å². The molecule has 0 bridgehead atoms. The van der Waals surface area contributed by atoms with Crippen LogP contribution in [0.3, 0.4) is 0 Å². The van der Waals surface area contributed by atoms with Gasteiger partial charge in [-0.25, -0.2) is 4.98 Å². The van der Waals surface area contributed by atoms with Gasteiger partial charge in [-0.1, -0.05) is 6.07 Å². The number of anilines is 2. The Hall–Kier alpha value is -2.21. The van der Waals surface area contributed by atoms with Crippen molar-refractivity contribution < 1.29 is 4.74 Å². The van der Waals surface area contributed by atoms with Gasteiger partial charge in [-0.3, -0.25) is 4.98 Å². The Bertz CT molecular complexity index is 615. The van der Waals surface area contributed by atoms with Gasteiger partial charge in [0, 0.05) is 26.0 Å². The fraction of sp³-hybridized carbons (Fsp3) is 0.471. The average Bonchev–Trinajstić information content (AvgIpc) is 2.62. The molecule has 0 aromatic carbocycles. The number of nitrogens with zero attached hydrogens (tertiary/aromatic N) is 4. The van der Waals surface area contributed by atoms with E-state index in [0.29, 0.717) is 12.0 Å². The topological polar surface area (TPSA) is 63.2 Å². The van der Waals surface area contributed by atoms with Gasteiger partial charge in [0.15, 0.2) is 0 Å². The summed E-state index contributed by atoms with van der Waals surface area (Å²) in [5, 5.41) is 3.44. The van der Waals surface area contributed by atoms with Gasteiger partial charge in [0.05, 0.1) is 24.4 Å². The van der Waals surface area contributed by atoms with Crippen LogP contribution in [0.15, 0.2) is 36.7 Å². The molecule has 3 heterocycles. The largest absolute Gasteiger partial charge is 0.379 e. The van der Waals surface area contributed by atoms with Crippen molar-refractivity contribution in [3.8, 4) is 0 Å². The highest BCUT2D eigenvalue weighted by Crippen LogP contribution is 2.22. The van der Waals surface area contributed by atoms with Crippen LogP contribution in [0.2, 0.25) is 0 Å². The number of hydrogen-bond donors (Lipinski definition) is 1. The molecule has 122 valence electrons. The summed E-state index contributed by atoms with van der Waals surface area (Å²) in [5.74, 6) is 1.52. The minimum atomic E-state index is 0.101. The van der Waals surface area contributed by atoms with Crippen LogP contribution in [0.1, 0.15) is 31.5 Å². The van der Waals surface area contributed by atoms with Crippen molar-refractivity contribution in [1.82, 2.24) is 15.0 Å². The summed E-state index contributed by atoms with van der Waals surface area (Å²) in [6, 6.07) is 8.26. The molecule has 6 nitrogen and oxygen atoms in total. The Morgan fingerprint density at radius 2 is 2.17 bits per heavy atom. The van der Waals surface area contributed by atoms with Crippen LogP contribution >= 0.6 is 0 Å². The van der Waals surface area contributed by atoms with Crippen LogP contribution in [0, 0.1) is 0 Å². The van der Waals surface area contributed by atoms with E-state index in [0.717, 1.165) is 37.6 Å². The second-order valence-corrected chi connectivity index (χ2v) is 5.84. The molecule has 1 saturated heterocycles. The lowest BCUT2D eigenvalue weighted by Gasteiger charge is -2.26. The zero-order valence-electron chi connectivity index (χ0n) is 13.6. The standard InChI is InChI=1S/C17H23N5O/c1-13(15-7-3-4-9-18-15)22(2)17-19-10-8-16(21-17)20-14-6-5-11-23-12-14/h3-4,7-10,13-14H,5-6,11-12H2,1-2H3,(H,19,20,21). The Morgan fingerprint density at radius 3 is 2.91 bits per heavy atom. The van der Waals surface area contributed by atoms with Crippen LogP contribution in [0.5, 0.6) is 0 Å². The molecule has 0 saturated carbocycles. The normalized spacial score (nSPS) is 19.1. The lowest BCUT2D eigenvalue weighted by Crippen LogP contribution is -2.31. The second kappa shape index (κ2) is 7.37.